The summed E-state index contributed by atoms with van der Waals surface area (Å²) < 4.78 is 0. The van der Waals surface area contributed by atoms with E-state index in [2.05, 4.69) is 36.1 Å². The van der Waals surface area contributed by atoms with Gasteiger partial charge < -0.3 is 5.32 Å². The van der Waals surface area contributed by atoms with Crippen LogP contribution in [0.1, 0.15) is 27.2 Å². The van der Waals surface area contributed by atoms with Crippen molar-refractivity contribution in [1.29, 1.82) is 0 Å². The van der Waals surface area contributed by atoms with Crippen LogP contribution in [0.4, 0.5) is 5.82 Å². The highest BCUT2D eigenvalue weighted by molar-refractivity contribution is 6.29. The highest BCUT2D eigenvalue weighted by Gasteiger charge is 2.05. The highest BCUT2D eigenvalue weighted by Crippen LogP contribution is 2.12. The maximum Gasteiger partial charge on any atom is 0.134 e. The molecule has 0 saturated heterocycles. The van der Waals surface area contributed by atoms with Gasteiger partial charge in [-0.2, -0.15) is 0 Å². The van der Waals surface area contributed by atoms with E-state index in [-0.39, 0.29) is 0 Å². The summed E-state index contributed by atoms with van der Waals surface area (Å²) in [4.78, 5) is 7.90. The molecule has 0 amide bonds. The summed E-state index contributed by atoms with van der Waals surface area (Å²) in [7, 11) is 0. The topological polar surface area (TPSA) is 37.8 Å². The van der Waals surface area contributed by atoms with Gasteiger partial charge in [-0.1, -0.05) is 25.4 Å². The Bertz CT molecular complexity index is 288. The maximum absolute atomic E-state index is 5.74. The third-order valence-electron chi connectivity index (χ3n) is 1.85. The number of hydrogen-bond donors (Lipinski definition) is 1. The molecule has 1 rings (SSSR count). The molecule has 1 aromatic heterocycles. The molecular weight excluding hydrogens is 198 g/mol. The van der Waals surface area contributed by atoms with E-state index in [0.717, 1.165) is 12.2 Å². The van der Waals surface area contributed by atoms with Crippen molar-refractivity contribution in [2.75, 3.05) is 5.32 Å². The summed E-state index contributed by atoms with van der Waals surface area (Å²) in [5.41, 5.74) is 0. The van der Waals surface area contributed by atoms with Gasteiger partial charge in [-0.3, -0.25) is 0 Å². The lowest BCUT2D eigenvalue weighted by Gasteiger charge is -2.16. The van der Waals surface area contributed by atoms with Gasteiger partial charge in [-0.25, -0.2) is 9.97 Å². The van der Waals surface area contributed by atoms with E-state index < -0.39 is 0 Å². The molecule has 0 aliphatic rings. The standard InChI is InChI=1S/C10H16ClN3/c1-7(2)4-8(3)14-10-5-9(11)12-6-13-10/h5-8H,4H2,1-3H3,(H,12,13,14). The van der Waals surface area contributed by atoms with E-state index in [0.29, 0.717) is 17.1 Å². The first kappa shape index (κ1) is 11.2. The molecule has 0 spiro atoms. The van der Waals surface area contributed by atoms with Crippen molar-refractivity contribution >= 4 is 17.4 Å². The summed E-state index contributed by atoms with van der Waals surface area (Å²) in [6.45, 7) is 6.53. The molecule has 1 aromatic rings. The summed E-state index contributed by atoms with van der Waals surface area (Å²) in [5, 5.41) is 3.75. The number of rotatable bonds is 4. The molecule has 1 atom stereocenters. The largest absolute Gasteiger partial charge is 0.367 e. The van der Waals surface area contributed by atoms with Crippen LogP contribution < -0.4 is 5.32 Å². The third kappa shape index (κ3) is 3.92. The van der Waals surface area contributed by atoms with Crippen molar-refractivity contribution in [3.8, 4) is 0 Å². The Hall–Kier alpha value is -0.830. The molecule has 14 heavy (non-hydrogen) atoms. The van der Waals surface area contributed by atoms with Gasteiger partial charge in [0, 0.05) is 12.1 Å². The molecular formula is C10H16ClN3. The van der Waals surface area contributed by atoms with Crippen LogP contribution in [0.3, 0.4) is 0 Å². The first-order chi connectivity index (χ1) is 6.58. The van der Waals surface area contributed by atoms with Crippen molar-refractivity contribution in [2.45, 2.75) is 33.2 Å². The lowest BCUT2D eigenvalue weighted by Crippen LogP contribution is -2.18. The van der Waals surface area contributed by atoms with Gasteiger partial charge >= 0.3 is 0 Å². The first-order valence-corrected chi connectivity index (χ1v) is 5.20. The number of hydrogen-bond acceptors (Lipinski definition) is 3. The molecule has 0 aliphatic carbocycles. The summed E-state index contributed by atoms with van der Waals surface area (Å²) >= 11 is 5.74. The second-order valence-electron chi connectivity index (χ2n) is 3.90. The van der Waals surface area contributed by atoms with Gasteiger partial charge in [0.2, 0.25) is 0 Å². The quantitative estimate of drug-likeness (QED) is 0.782. The van der Waals surface area contributed by atoms with Crippen LogP contribution in [-0.2, 0) is 0 Å². The average molecular weight is 214 g/mol. The minimum atomic E-state index is 0.404. The van der Waals surface area contributed by atoms with Crippen molar-refractivity contribution in [2.24, 2.45) is 5.92 Å². The number of halogens is 1. The lowest BCUT2D eigenvalue weighted by molar-refractivity contribution is 0.539. The van der Waals surface area contributed by atoms with Crippen molar-refractivity contribution in [3.63, 3.8) is 0 Å². The Morgan fingerprint density at radius 3 is 2.64 bits per heavy atom. The number of anilines is 1. The zero-order valence-corrected chi connectivity index (χ0v) is 9.54. The van der Waals surface area contributed by atoms with Gasteiger partial charge in [0.05, 0.1) is 0 Å². The van der Waals surface area contributed by atoms with E-state index >= 15 is 0 Å². The predicted molar refractivity (Wildman–Crippen MR) is 59.6 cm³/mol. The van der Waals surface area contributed by atoms with Crippen LogP contribution in [0.15, 0.2) is 12.4 Å². The maximum atomic E-state index is 5.74. The molecule has 0 aromatic carbocycles. The van der Waals surface area contributed by atoms with E-state index in [1.54, 1.807) is 6.07 Å². The van der Waals surface area contributed by atoms with Gasteiger partial charge in [-0.15, -0.1) is 0 Å². The Morgan fingerprint density at radius 2 is 2.07 bits per heavy atom. The fourth-order valence-corrected chi connectivity index (χ4v) is 1.58. The Balaban J connectivity index is 2.51. The zero-order valence-electron chi connectivity index (χ0n) is 8.79. The Kier molecular flexibility index (Phi) is 4.14. The van der Waals surface area contributed by atoms with Crippen LogP contribution in [0, 0.1) is 5.92 Å². The van der Waals surface area contributed by atoms with Gasteiger partial charge in [0.25, 0.3) is 0 Å². The van der Waals surface area contributed by atoms with Crippen LogP contribution in [0.5, 0.6) is 0 Å². The van der Waals surface area contributed by atoms with Crippen LogP contribution in [-0.4, -0.2) is 16.0 Å². The Labute approximate surface area is 89.9 Å². The van der Waals surface area contributed by atoms with Crippen LogP contribution >= 0.6 is 11.6 Å². The smallest absolute Gasteiger partial charge is 0.134 e. The molecule has 0 radical (unpaired) electrons. The van der Waals surface area contributed by atoms with Crippen LogP contribution in [0.25, 0.3) is 0 Å². The van der Waals surface area contributed by atoms with E-state index in [1.165, 1.54) is 6.33 Å². The number of aromatic nitrogens is 2. The summed E-state index contributed by atoms with van der Waals surface area (Å²) in [5.74, 6) is 1.47. The second kappa shape index (κ2) is 5.15. The molecule has 0 fully saturated rings. The Morgan fingerprint density at radius 1 is 1.36 bits per heavy atom. The van der Waals surface area contributed by atoms with Gasteiger partial charge in [0.1, 0.15) is 17.3 Å². The van der Waals surface area contributed by atoms with Crippen molar-refractivity contribution in [3.05, 3.63) is 17.5 Å². The highest BCUT2D eigenvalue weighted by atomic mass is 35.5. The second-order valence-corrected chi connectivity index (χ2v) is 4.29. The molecule has 1 N–H and O–H groups in total. The first-order valence-electron chi connectivity index (χ1n) is 4.82. The SMILES string of the molecule is CC(C)CC(C)Nc1cc(Cl)ncn1. The van der Waals surface area contributed by atoms with E-state index in [1.807, 2.05) is 0 Å². The van der Waals surface area contributed by atoms with Crippen LogP contribution in [0.2, 0.25) is 5.15 Å². The number of nitrogens with zero attached hydrogens (tertiary/aromatic N) is 2. The third-order valence-corrected chi connectivity index (χ3v) is 2.06. The zero-order chi connectivity index (χ0) is 10.6. The average Bonchev–Trinajstić information content (AvgIpc) is 2.01. The molecule has 1 unspecified atom stereocenters. The summed E-state index contributed by atoms with van der Waals surface area (Å²) in [6.07, 6.45) is 2.58. The van der Waals surface area contributed by atoms with Crippen molar-refractivity contribution in [1.82, 2.24) is 9.97 Å². The molecule has 0 aliphatic heterocycles. The summed E-state index contributed by atoms with van der Waals surface area (Å²) in [6, 6.07) is 2.14. The fourth-order valence-electron chi connectivity index (χ4n) is 1.43. The lowest BCUT2D eigenvalue weighted by atomic mass is 10.1. The molecule has 1 heterocycles. The van der Waals surface area contributed by atoms with E-state index in [4.69, 9.17) is 11.6 Å². The molecule has 4 heteroatoms. The minimum absolute atomic E-state index is 0.404. The predicted octanol–water partition coefficient (Wildman–Crippen LogP) is 2.98. The normalized spacial score (nSPS) is 12.9. The van der Waals surface area contributed by atoms with Gasteiger partial charge in [-0.05, 0) is 19.3 Å². The molecule has 3 nitrogen and oxygen atoms in total. The molecule has 78 valence electrons. The monoisotopic (exact) mass is 213 g/mol. The van der Waals surface area contributed by atoms with Crippen molar-refractivity contribution < 1.29 is 0 Å². The molecule has 0 bridgehead atoms. The van der Waals surface area contributed by atoms with Gasteiger partial charge in [0.15, 0.2) is 0 Å². The molecule has 0 saturated carbocycles. The van der Waals surface area contributed by atoms with E-state index in [9.17, 15) is 0 Å². The minimum Gasteiger partial charge on any atom is -0.367 e. The number of nitrogens with one attached hydrogen (secondary N) is 1. The fraction of sp³-hybridized carbons (Fsp3) is 0.600.